The summed E-state index contributed by atoms with van der Waals surface area (Å²) >= 11 is 1.57. The topological polar surface area (TPSA) is 30.5 Å². The van der Waals surface area contributed by atoms with E-state index in [0.717, 1.165) is 17.2 Å². The summed E-state index contributed by atoms with van der Waals surface area (Å²) < 4.78 is 13.8. The highest BCUT2D eigenvalue weighted by Gasteiger charge is 2.04. The van der Waals surface area contributed by atoms with Crippen molar-refractivity contribution in [2.75, 3.05) is 18.9 Å². The van der Waals surface area contributed by atoms with Crippen LogP contribution in [0.15, 0.2) is 47.4 Å². The highest BCUT2D eigenvalue weighted by atomic mass is 32.2. The lowest BCUT2D eigenvalue weighted by Gasteiger charge is -2.10. The fraction of sp³-hybridized carbons (Fsp3) is 0.200. The molecule has 0 radical (unpaired) electrons. The summed E-state index contributed by atoms with van der Waals surface area (Å²) in [6.45, 7) is 2.08. The molecule has 0 amide bonds. The summed E-state index contributed by atoms with van der Waals surface area (Å²) in [5, 5.41) is 0. The average molecular weight is 275 g/mol. The standard InChI is InChI=1S/C15H17NO2S/c1-11-4-7-13(8-5-11)19-16-12-6-9-14(17-2)15(10-12)18-3/h4-10,16H,1-3H3. The quantitative estimate of drug-likeness (QED) is 0.831. The van der Waals surface area contributed by atoms with E-state index in [0.29, 0.717) is 0 Å². The highest BCUT2D eigenvalue weighted by Crippen LogP contribution is 2.31. The molecule has 0 bridgehead atoms. The SMILES string of the molecule is COc1ccc(NSc2ccc(C)cc2)cc1OC. The first-order valence-corrected chi connectivity index (χ1v) is 6.76. The van der Waals surface area contributed by atoms with E-state index in [-0.39, 0.29) is 0 Å². The van der Waals surface area contributed by atoms with Crippen LogP contribution in [0.4, 0.5) is 5.69 Å². The van der Waals surface area contributed by atoms with Crippen molar-refractivity contribution in [2.45, 2.75) is 11.8 Å². The third kappa shape index (κ3) is 3.58. The van der Waals surface area contributed by atoms with E-state index >= 15 is 0 Å². The number of hydrogen-bond acceptors (Lipinski definition) is 4. The zero-order valence-electron chi connectivity index (χ0n) is 11.3. The van der Waals surface area contributed by atoms with Gasteiger partial charge in [0.1, 0.15) is 0 Å². The first-order valence-electron chi connectivity index (χ1n) is 5.94. The molecule has 2 aromatic carbocycles. The lowest BCUT2D eigenvalue weighted by Crippen LogP contribution is -1.92. The number of rotatable bonds is 5. The molecule has 2 rings (SSSR count). The zero-order chi connectivity index (χ0) is 13.7. The molecule has 0 fully saturated rings. The second-order valence-corrected chi connectivity index (χ2v) is 4.97. The van der Waals surface area contributed by atoms with Crippen LogP contribution in [0.1, 0.15) is 5.56 Å². The van der Waals surface area contributed by atoms with Gasteiger partial charge in [0.05, 0.1) is 14.2 Å². The lowest BCUT2D eigenvalue weighted by molar-refractivity contribution is 0.355. The number of benzene rings is 2. The lowest BCUT2D eigenvalue weighted by atomic mass is 10.2. The second kappa shape index (κ2) is 6.38. The van der Waals surface area contributed by atoms with Gasteiger partial charge >= 0.3 is 0 Å². The zero-order valence-corrected chi connectivity index (χ0v) is 12.1. The van der Waals surface area contributed by atoms with Crippen LogP contribution in [-0.2, 0) is 0 Å². The van der Waals surface area contributed by atoms with Gasteiger partial charge in [-0.15, -0.1) is 0 Å². The van der Waals surface area contributed by atoms with Gasteiger partial charge in [0, 0.05) is 16.6 Å². The van der Waals surface area contributed by atoms with Crippen LogP contribution in [0.3, 0.4) is 0 Å². The Labute approximate surface area is 118 Å². The molecule has 0 spiro atoms. The van der Waals surface area contributed by atoms with Gasteiger partial charge in [-0.3, -0.25) is 0 Å². The van der Waals surface area contributed by atoms with Gasteiger partial charge in [-0.1, -0.05) is 17.7 Å². The third-order valence-electron chi connectivity index (χ3n) is 2.69. The maximum absolute atomic E-state index is 5.27. The Morgan fingerprint density at radius 1 is 0.895 bits per heavy atom. The van der Waals surface area contributed by atoms with Crippen LogP contribution >= 0.6 is 11.9 Å². The summed E-state index contributed by atoms with van der Waals surface area (Å²) in [4.78, 5) is 1.17. The van der Waals surface area contributed by atoms with Crippen LogP contribution < -0.4 is 14.2 Å². The molecule has 0 saturated carbocycles. The average Bonchev–Trinajstić information content (AvgIpc) is 2.46. The number of nitrogens with one attached hydrogen (secondary N) is 1. The molecule has 100 valence electrons. The van der Waals surface area contributed by atoms with Crippen LogP contribution in [0.25, 0.3) is 0 Å². The Hall–Kier alpha value is -1.81. The molecule has 0 aliphatic heterocycles. The molecule has 19 heavy (non-hydrogen) atoms. The maximum Gasteiger partial charge on any atom is 0.162 e. The molecule has 2 aromatic rings. The largest absolute Gasteiger partial charge is 0.493 e. The summed E-state index contributed by atoms with van der Waals surface area (Å²) in [6, 6.07) is 14.1. The molecule has 0 aromatic heterocycles. The Balaban J connectivity index is 2.05. The molecule has 0 unspecified atom stereocenters. The number of anilines is 1. The van der Waals surface area contributed by atoms with Crippen molar-refractivity contribution in [3.63, 3.8) is 0 Å². The molecular formula is C15H17NO2S. The smallest absolute Gasteiger partial charge is 0.162 e. The van der Waals surface area contributed by atoms with Gasteiger partial charge in [-0.25, -0.2) is 0 Å². The van der Waals surface area contributed by atoms with E-state index < -0.39 is 0 Å². The molecule has 3 nitrogen and oxygen atoms in total. The van der Waals surface area contributed by atoms with Crippen LogP contribution in [-0.4, -0.2) is 14.2 Å². The molecular weight excluding hydrogens is 258 g/mol. The van der Waals surface area contributed by atoms with Gasteiger partial charge in [-0.05, 0) is 43.1 Å². The van der Waals surface area contributed by atoms with Gasteiger partial charge in [-0.2, -0.15) is 0 Å². The number of aryl methyl sites for hydroxylation is 1. The van der Waals surface area contributed by atoms with E-state index in [9.17, 15) is 0 Å². The minimum absolute atomic E-state index is 0.719. The molecule has 0 heterocycles. The van der Waals surface area contributed by atoms with Crippen molar-refractivity contribution >= 4 is 17.6 Å². The Morgan fingerprint density at radius 2 is 1.58 bits per heavy atom. The Bertz CT molecular complexity index is 540. The Morgan fingerprint density at radius 3 is 2.21 bits per heavy atom. The van der Waals surface area contributed by atoms with Crippen LogP contribution in [0.5, 0.6) is 11.5 Å². The maximum atomic E-state index is 5.27. The third-order valence-corrected chi connectivity index (χ3v) is 3.54. The Kier molecular flexibility index (Phi) is 4.58. The molecule has 0 atom stereocenters. The minimum Gasteiger partial charge on any atom is -0.493 e. The van der Waals surface area contributed by atoms with Gasteiger partial charge in [0.25, 0.3) is 0 Å². The molecule has 1 N–H and O–H groups in total. The number of ether oxygens (including phenoxy) is 2. The normalized spacial score (nSPS) is 10.1. The van der Waals surface area contributed by atoms with E-state index in [1.54, 1.807) is 26.2 Å². The van der Waals surface area contributed by atoms with Crippen LogP contribution in [0, 0.1) is 6.92 Å². The molecule has 0 aliphatic carbocycles. The van der Waals surface area contributed by atoms with Gasteiger partial charge in [0.15, 0.2) is 11.5 Å². The molecule has 0 aliphatic rings. The van der Waals surface area contributed by atoms with Crippen molar-refractivity contribution in [1.29, 1.82) is 0 Å². The highest BCUT2D eigenvalue weighted by molar-refractivity contribution is 8.00. The van der Waals surface area contributed by atoms with Crippen molar-refractivity contribution in [3.05, 3.63) is 48.0 Å². The van der Waals surface area contributed by atoms with E-state index in [4.69, 9.17) is 9.47 Å². The number of hydrogen-bond donors (Lipinski definition) is 1. The fourth-order valence-corrected chi connectivity index (χ4v) is 2.26. The van der Waals surface area contributed by atoms with Gasteiger partial charge < -0.3 is 14.2 Å². The number of methoxy groups -OCH3 is 2. The first-order chi connectivity index (χ1) is 9.22. The van der Waals surface area contributed by atoms with Crippen LogP contribution in [0.2, 0.25) is 0 Å². The molecule has 0 saturated heterocycles. The summed E-state index contributed by atoms with van der Waals surface area (Å²) in [7, 11) is 3.26. The minimum atomic E-state index is 0.719. The van der Waals surface area contributed by atoms with E-state index in [1.807, 2.05) is 18.2 Å². The first kappa shape index (κ1) is 13.6. The monoisotopic (exact) mass is 275 g/mol. The van der Waals surface area contributed by atoms with Crippen molar-refractivity contribution in [3.8, 4) is 11.5 Å². The second-order valence-electron chi connectivity index (χ2n) is 4.09. The fourth-order valence-electron chi connectivity index (χ4n) is 1.62. The van der Waals surface area contributed by atoms with E-state index in [1.165, 1.54) is 10.5 Å². The summed E-state index contributed by atoms with van der Waals surface area (Å²) in [5.41, 5.74) is 2.23. The van der Waals surface area contributed by atoms with Crippen molar-refractivity contribution in [1.82, 2.24) is 0 Å². The van der Waals surface area contributed by atoms with Gasteiger partial charge in [0.2, 0.25) is 0 Å². The molecule has 4 heteroatoms. The predicted octanol–water partition coefficient (Wildman–Crippen LogP) is 4.13. The predicted molar refractivity (Wildman–Crippen MR) is 80.2 cm³/mol. The van der Waals surface area contributed by atoms with Crippen molar-refractivity contribution < 1.29 is 9.47 Å². The van der Waals surface area contributed by atoms with Crippen molar-refractivity contribution in [2.24, 2.45) is 0 Å². The summed E-state index contributed by atoms with van der Waals surface area (Å²) in [6.07, 6.45) is 0. The van der Waals surface area contributed by atoms with E-state index in [2.05, 4.69) is 35.9 Å². The summed E-state index contributed by atoms with van der Waals surface area (Å²) in [5.74, 6) is 1.45.